The Morgan fingerprint density at radius 3 is 1.36 bits per heavy atom. The van der Waals surface area contributed by atoms with E-state index in [4.69, 9.17) is 4.42 Å². The van der Waals surface area contributed by atoms with Crippen LogP contribution in [0.5, 0.6) is 0 Å². The number of alkyl halides is 2. The molecule has 0 bridgehead atoms. The Labute approximate surface area is 165 Å². The van der Waals surface area contributed by atoms with E-state index >= 15 is 0 Å². The zero-order valence-electron chi connectivity index (χ0n) is 14.2. The van der Waals surface area contributed by atoms with Gasteiger partial charge in [-0.15, -0.1) is 0 Å². The van der Waals surface area contributed by atoms with Gasteiger partial charge >= 0.3 is 0 Å². The van der Waals surface area contributed by atoms with E-state index in [1.54, 1.807) is 0 Å². The third-order valence-corrected chi connectivity index (χ3v) is 8.66. The van der Waals surface area contributed by atoms with Crippen molar-refractivity contribution in [2.75, 3.05) is 0 Å². The van der Waals surface area contributed by atoms with Gasteiger partial charge in [0, 0.05) is 31.9 Å². The second kappa shape index (κ2) is 6.77. The molecule has 4 atom stereocenters. The largest absolute Gasteiger partial charge is 0.455 e. The van der Waals surface area contributed by atoms with Gasteiger partial charge in [-0.3, -0.25) is 0 Å². The lowest BCUT2D eigenvalue weighted by Crippen LogP contribution is -2.31. The molecule has 0 amide bonds. The maximum absolute atomic E-state index is 6.54. The summed E-state index contributed by atoms with van der Waals surface area (Å²) < 4.78 is 6.54. The molecule has 0 saturated heterocycles. The molecule has 0 unspecified atom stereocenters. The number of benzene rings is 2. The molecule has 0 fully saturated rings. The highest BCUT2D eigenvalue weighted by Crippen LogP contribution is 2.53. The summed E-state index contributed by atoms with van der Waals surface area (Å²) in [7, 11) is 0. The topological polar surface area (TPSA) is 13.1 Å². The molecule has 1 nitrogen and oxygen atoms in total. The molecule has 25 heavy (non-hydrogen) atoms. The van der Waals surface area contributed by atoms with Crippen molar-refractivity contribution >= 4 is 31.9 Å². The highest BCUT2D eigenvalue weighted by Gasteiger charge is 2.41. The number of hydrogen-bond acceptors (Lipinski definition) is 1. The summed E-state index contributed by atoms with van der Waals surface area (Å²) in [6.45, 7) is 4.57. The van der Waals surface area contributed by atoms with Crippen LogP contribution in [0.3, 0.4) is 0 Å². The van der Waals surface area contributed by atoms with Crippen molar-refractivity contribution in [1.29, 1.82) is 0 Å². The molecule has 1 aliphatic carbocycles. The van der Waals surface area contributed by atoms with Gasteiger partial charge in [-0.05, 0) is 11.8 Å². The van der Waals surface area contributed by atoms with Crippen LogP contribution in [0.15, 0.2) is 65.1 Å². The first-order chi connectivity index (χ1) is 12.1. The zero-order chi connectivity index (χ0) is 17.6. The number of furan rings is 1. The minimum atomic E-state index is 0.368. The summed E-state index contributed by atoms with van der Waals surface area (Å²) in [6, 6.07) is 20.9. The third kappa shape index (κ3) is 2.82. The minimum Gasteiger partial charge on any atom is -0.455 e. The summed E-state index contributed by atoms with van der Waals surface area (Å²) in [6.07, 6.45) is 0. The number of hydrogen-bond donors (Lipinski definition) is 0. The van der Waals surface area contributed by atoms with Crippen LogP contribution in [-0.2, 0) is 0 Å². The first-order valence-corrected chi connectivity index (χ1v) is 10.5. The fourth-order valence-electron chi connectivity index (χ4n) is 3.84. The van der Waals surface area contributed by atoms with Crippen LogP contribution < -0.4 is 0 Å². The maximum atomic E-state index is 6.54. The molecule has 0 saturated carbocycles. The van der Waals surface area contributed by atoms with Gasteiger partial charge in [0.15, 0.2) is 0 Å². The fourth-order valence-corrected chi connectivity index (χ4v) is 5.28. The molecule has 3 heteroatoms. The Kier molecular flexibility index (Phi) is 4.63. The van der Waals surface area contributed by atoms with Crippen LogP contribution in [0.2, 0.25) is 0 Å². The second-order valence-electron chi connectivity index (χ2n) is 6.79. The Morgan fingerprint density at radius 2 is 1.00 bits per heavy atom. The SMILES string of the molecule is C[C@@H]1c2c(-c3ccccc3)oc(-c3ccccc3)c2[C@H](C)[C@@H](Br)[C@H]1Br. The fraction of sp³-hybridized carbons (Fsp3) is 0.273. The van der Waals surface area contributed by atoms with E-state index in [-0.39, 0.29) is 0 Å². The molecular formula is C22H20Br2O. The Morgan fingerprint density at radius 1 is 0.640 bits per heavy atom. The van der Waals surface area contributed by atoms with Crippen LogP contribution in [-0.4, -0.2) is 9.65 Å². The lowest BCUT2D eigenvalue weighted by atomic mass is 9.77. The molecule has 1 aromatic heterocycles. The number of rotatable bonds is 2. The molecule has 0 N–H and O–H groups in total. The van der Waals surface area contributed by atoms with Crippen LogP contribution in [0.25, 0.3) is 22.6 Å². The van der Waals surface area contributed by atoms with Gasteiger partial charge in [0.2, 0.25) is 0 Å². The molecular weight excluding hydrogens is 440 g/mol. The molecule has 0 aliphatic heterocycles. The smallest absolute Gasteiger partial charge is 0.138 e. The first kappa shape index (κ1) is 17.1. The Bertz CT molecular complexity index is 798. The molecule has 3 aromatic rings. The van der Waals surface area contributed by atoms with E-state index in [9.17, 15) is 0 Å². The Balaban J connectivity index is 2.01. The van der Waals surface area contributed by atoms with Crippen LogP contribution in [0, 0.1) is 0 Å². The van der Waals surface area contributed by atoms with Gasteiger partial charge < -0.3 is 4.42 Å². The number of halogens is 2. The van der Waals surface area contributed by atoms with E-state index in [0.29, 0.717) is 21.5 Å². The molecule has 1 aliphatic rings. The van der Waals surface area contributed by atoms with Gasteiger partial charge in [0.25, 0.3) is 0 Å². The van der Waals surface area contributed by atoms with Crippen molar-refractivity contribution in [3.05, 3.63) is 71.8 Å². The average Bonchev–Trinajstić information content (AvgIpc) is 3.07. The molecule has 0 radical (unpaired) electrons. The van der Waals surface area contributed by atoms with Crippen molar-refractivity contribution in [2.24, 2.45) is 0 Å². The predicted octanol–water partition coefficient (Wildman–Crippen LogP) is 7.36. The van der Waals surface area contributed by atoms with Crippen molar-refractivity contribution < 1.29 is 4.42 Å². The van der Waals surface area contributed by atoms with E-state index in [1.165, 1.54) is 11.1 Å². The van der Waals surface area contributed by atoms with E-state index < -0.39 is 0 Å². The quantitative estimate of drug-likeness (QED) is 0.364. The summed E-state index contributed by atoms with van der Waals surface area (Å²) in [5.74, 6) is 2.76. The molecule has 4 rings (SSSR count). The molecule has 2 aromatic carbocycles. The zero-order valence-corrected chi connectivity index (χ0v) is 17.4. The van der Waals surface area contributed by atoms with Crippen molar-refractivity contribution in [2.45, 2.75) is 35.3 Å². The average molecular weight is 460 g/mol. The predicted molar refractivity (Wildman–Crippen MR) is 112 cm³/mol. The highest BCUT2D eigenvalue weighted by atomic mass is 79.9. The van der Waals surface area contributed by atoms with E-state index in [2.05, 4.69) is 94.2 Å². The van der Waals surface area contributed by atoms with Crippen LogP contribution in [0.1, 0.15) is 36.8 Å². The standard InChI is InChI=1S/C22H20Br2O/c1-13-17-18(14(2)20(24)19(13)23)22(16-11-7-4-8-12-16)25-21(17)15-9-5-3-6-10-15/h3-14,19-20H,1-2H3/t13-,14+,19+,20-. The van der Waals surface area contributed by atoms with Gasteiger partial charge in [-0.25, -0.2) is 0 Å². The van der Waals surface area contributed by atoms with E-state index in [0.717, 1.165) is 22.6 Å². The lowest BCUT2D eigenvalue weighted by molar-refractivity contribution is 0.574. The van der Waals surface area contributed by atoms with Crippen molar-refractivity contribution in [3.8, 4) is 22.6 Å². The van der Waals surface area contributed by atoms with Crippen molar-refractivity contribution in [3.63, 3.8) is 0 Å². The maximum Gasteiger partial charge on any atom is 0.138 e. The van der Waals surface area contributed by atoms with Gasteiger partial charge in [-0.2, -0.15) is 0 Å². The minimum absolute atomic E-state index is 0.368. The van der Waals surface area contributed by atoms with Crippen LogP contribution in [0.4, 0.5) is 0 Å². The van der Waals surface area contributed by atoms with Gasteiger partial charge in [-0.1, -0.05) is 106 Å². The van der Waals surface area contributed by atoms with Crippen molar-refractivity contribution in [1.82, 2.24) is 0 Å². The second-order valence-corrected chi connectivity index (χ2v) is 8.90. The van der Waals surface area contributed by atoms with Gasteiger partial charge in [0.05, 0.1) is 0 Å². The third-order valence-electron chi connectivity index (χ3n) is 5.23. The summed E-state index contributed by atoms with van der Waals surface area (Å²) in [5.41, 5.74) is 4.98. The monoisotopic (exact) mass is 458 g/mol. The Hall–Kier alpha value is -1.32. The highest BCUT2D eigenvalue weighted by molar-refractivity contribution is 9.12. The molecule has 1 heterocycles. The summed E-state index contributed by atoms with van der Waals surface area (Å²) in [5, 5.41) is 0. The number of fused-ring (bicyclic) bond motifs is 1. The molecule has 0 spiro atoms. The molecule has 128 valence electrons. The van der Waals surface area contributed by atoms with Gasteiger partial charge in [0.1, 0.15) is 11.5 Å². The normalized spacial score (nSPS) is 25.6. The lowest BCUT2D eigenvalue weighted by Gasteiger charge is -2.35. The summed E-state index contributed by atoms with van der Waals surface area (Å²) in [4.78, 5) is 0.748. The first-order valence-electron chi connectivity index (χ1n) is 8.65. The van der Waals surface area contributed by atoms with E-state index in [1.807, 2.05) is 12.1 Å². The van der Waals surface area contributed by atoms with Crippen LogP contribution >= 0.6 is 31.9 Å². The summed E-state index contributed by atoms with van der Waals surface area (Å²) >= 11 is 7.83.